The number of rotatable bonds is 5. The van der Waals surface area contributed by atoms with Gasteiger partial charge < -0.3 is 10.2 Å². The van der Waals surface area contributed by atoms with Crippen LogP contribution in [0.5, 0.6) is 0 Å². The Morgan fingerprint density at radius 1 is 1.24 bits per heavy atom. The standard InChI is InChI=1S/C19H23FN4O/c1-14-7-10-24(11-8-14)18-12-17(22-13-23-18)19(25)21-9-6-15-2-4-16(20)5-3-15/h2-5,12-14H,6-11H2,1H3,(H,21,25). The summed E-state index contributed by atoms with van der Waals surface area (Å²) in [6.07, 6.45) is 4.38. The van der Waals surface area contributed by atoms with Gasteiger partial charge in [0.05, 0.1) is 0 Å². The summed E-state index contributed by atoms with van der Waals surface area (Å²) >= 11 is 0. The van der Waals surface area contributed by atoms with Gasteiger partial charge >= 0.3 is 0 Å². The number of carbonyl (C=O) groups excluding carboxylic acids is 1. The Labute approximate surface area is 147 Å². The lowest BCUT2D eigenvalue weighted by molar-refractivity contribution is 0.0949. The summed E-state index contributed by atoms with van der Waals surface area (Å²) in [5.41, 5.74) is 1.36. The number of anilines is 1. The van der Waals surface area contributed by atoms with Gasteiger partial charge in [-0.25, -0.2) is 14.4 Å². The second-order valence-corrected chi connectivity index (χ2v) is 6.56. The number of amides is 1. The van der Waals surface area contributed by atoms with Crippen molar-refractivity contribution in [1.29, 1.82) is 0 Å². The molecule has 5 nitrogen and oxygen atoms in total. The van der Waals surface area contributed by atoms with Gasteiger partial charge in [0.15, 0.2) is 0 Å². The quantitative estimate of drug-likeness (QED) is 0.908. The highest BCUT2D eigenvalue weighted by atomic mass is 19.1. The molecule has 3 rings (SSSR count). The Kier molecular flexibility index (Phi) is 5.58. The maximum absolute atomic E-state index is 12.9. The van der Waals surface area contributed by atoms with E-state index in [1.54, 1.807) is 18.2 Å². The average molecular weight is 342 g/mol. The molecule has 6 heteroatoms. The van der Waals surface area contributed by atoms with Gasteiger partial charge in [0, 0.05) is 25.7 Å². The van der Waals surface area contributed by atoms with Crippen LogP contribution in [-0.4, -0.2) is 35.5 Å². The van der Waals surface area contributed by atoms with Crippen molar-refractivity contribution in [3.63, 3.8) is 0 Å². The topological polar surface area (TPSA) is 58.1 Å². The molecule has 1 aliphatic heterocycles. The van der Waals surface area contributed by atoms with Gasteiger partial charge in [0.1, 0.15) is 23.7 Å². The van der Waals surface area contributed by atoms with Crippen molar-refractivity contribution < 1.29 is 9.18 Å². The summed E-state index contributed by atoms with van der Waals surface area (Å²) in [5, 5.41) is 2.86. The summed E-state index contributed by atoms with van der Waals surface area (Å²) in [4.78, 5) is 22.9. The van der Waals surface area contributed by atoms with E-state index >= 15 is 0 Å². The fraction of sp³-hybridized carbons (Fsp3) is 0.421. The largest absolute Gasteiger partial charge is 0.356 e. The number of halogens is 1. The van der Waals surface area contributed by atoms with E-state index in [0.717, 1.165) is 43.2 Å². The van der Waals surface area contributed by atoms with E-state index in [4.69, 9.17) is 0 Å². The third-order valence-electron chi connectivity index (χ3n) is 4.61. The molecule has 1 saturated heterocycles. The van der Waals surface area contributed by atoms with Crippen molar-refractivity contribution in [3.05, 3.63) is 53.7 Å². The Hall–Kier alpha value is -2.50. The normalized spacial score (nSPS) is 15.2. The molecule has 0 bridgehead atoms. The van der Waals surface area contributed by atoms with Gasteiger partial charge in [-0.2, -0.15) is 0 Å². The molecule has 1 N–H and O–H groups in total. The van der Waals surface area contributed by atoms with Crippen molar-refractivity contribution >= 4 is 11.7 Å². The minimum Gasteiger partial charge on any atom is -0.356 e. The zero-order valence-electron chi connectivity index (χ0n) is 14.4. The molecule has 0 spiro atoms. The summed E-state index contributed by atoms with van der Waals surface area (Å²) in [5.74, 6) is 1.09. The number of nitrogens with zero attached hydrogens (tertiary/aromatic N) is 3. The van der Waals surface area contributed by atoms with Crippen LogP contribution in [0.3, 0.4) is 0 Å². The predicted molar refractivity (Wildman–Crippen MR) is 95.1 cm³/mol. The lowest BCUT2D eigenvalue weighted by Crippen LogP contribution is -2.34. The highest BCUT2D eigenvalue weighted by Gasteiger charge is 2.18. The zero-order chi connectivity index (χ0) is 17.6. The maximum Gasteiger partial charge on any atom is 0.270 e. The van der Waals surface area contributed by atoms with Crippen LogP contribution in [0, 0.1) is 11.7 Å². The van der Waals surface area contributed by atoms with Crippen LogP contribution in [0.2, 0.25) is 0 Å². The van der Waals surface area contributed by atoms with Crippen molar-refractivity contribution in [2.45, 2.75) is 26.2 Å². The maximum atomic E-state index is 12.9. The third kappa shape index (κ3) is 4.75. The smallest absolute Gasteiger partial charge is 0.270 e. The molecular weight excluding hydrogens is 319 g/mol. The molecule has 1 aromatic carbocycles. The lowest BCUT2D eigenvalue weighted by atomic mass is 9.99. The van der Waals surface area contributed by atoms with Crippen molar-refractivity contribution in [3.8, 4) is 0 Å². The first kappa shape index (κ1) is 17.3. The molecule has 0 saturated carbocycles. The molecule has 25 heavy (non-hydrogen) atoms. The molecule has 2 heterocycles. The first-order valence-corrected chi connectivity index (χ1v) is 8.71. The summed E-state index contributed by atoms with van der Waals surface area (Å²) in [6.45, 7) is 4.66. The predicted octanol–water partition coefficient (Wildman–Crippen LogP) is 2.82. The van der Waals surface area contributed by atoms with E-state index in [1.807, 2.05) is 0 Å². The van der Waals surface area contributed by atoms with Crippen LogP contribution >= 0.6 is 0 Å². The van der Waals surface area contributed by atoms with E-state index in [2.05, 4.69) is 27.1 Å². The van der Waals surface area contributed by atoms with E-state index in [0.29, 0.717) is 18.7 Å². The van der Waals surface area contributed by atoms with Crippen LogP contribution in [0.25, 0.3) is 0 Å². The first-order valence-electron chi connectivity index (χ1n) is 8.71. The minimum atomic E-state index is -0.256. The fourth-order valence-corrected chi connectivity index (χ4v) is 2.94. The van der Waals surface area contributed by atoms with E-state index < -0.39 is 0 Å². The van der Waals surface area contributed by atoms with Crippen LogP contribution in [0.15, 0.2) is 36.7 Å². The number of nitrogens with one attached hydrogen (secondary N) is 1. The fourth-order valence-electron chi connectivity index (χ4n) is 2.94. The highest BCUT2D eigenvalue weighted by molar-refractivity contribution is 5.92. The molecular formula is C19H23FN4O. The van der Waals surface area contributed by atoms with Crippen LogP contribution in [-0.2, 0) is 6.42 Å². The van der Waals surface area contributed by atoms with E-state index in [1.165, 1.54) is 18.5 Å². The molecule has 1 fully saturated rings. The van der Waals surface area contributed by atoms with Gasteiger partial charge in [0.2, 0.25) is 0 Å². The second kappa shape index (κ2) is 8.05. The van der Waals surface area contributed by atoms with E-state index in [-0.39, 0.29) is 11.7 Å². The van der Waals surface area contributed by atoms with Crippen molar-refractivity contribution in [1.82, 2.24) is 15.3 Å². The van der Waals surface area contributed by atoms with Crippen LogP contribution in [0.1, 0.15) is 35.8 Å². The van der Waals surface area contributed by atoms with Gasteiger partial charge in [0.25, 0.3) is 5.91 Å². The Bertz CT molecular complexity index is 712. The number of aromatic nitrogens is 2. The SMILES string of the molecule is CC1CCN(c2cc(C(=O)NCCc3ccc(F)cc3)ncn2)CC1. The number of piperidine rings is 1. The van der Waals surface area contributed by atoms with Gasteiger partial charge in [-0.15, -0.1) is 0 Å². The van der Waals surface area contributed by atoms with E-state index in [9.17, 15) is 9.18 Å². The number of benzene rings is 1. The number of hydrogen-bond donors (Lipinski definition) is 1. The Morgan fingerprint density at radius 2 is 1.96 bits per heavy atom. The number of carbonyl (C=O) groups is 1. The first-order chi connectivity index (χ1) is 12.1. The molecule has 0 atom stereocenters. The zero-order valence-corrected chi connectivity index (χ0v) is 14.4. The molecule has 0 radical (unpaired) electrons. The molecule has 1 aliphatic rings. The lowest BCUT2D eigenvalue weighted by Gasteiger charge is -2.31. The third-order valence-corrected chi connectivity index (χ3v) is 4.61. The average Bonchev–Trinajstić information content (AvgIpc) is 2.64. The molecule has 1 amide bonds. The summed E-state index contributed by atoms with van der Waals surface area (Å²) < 4.78 is 12.9. The molecule has 2 aromatic rings. The number of hydrogen-bond acceptors (Lipinski definition) is 4. The molecule has 0 aliphatic carbocycles. The van der Waals surface area contributed by atoms with Gasteiger partial charge in [-0.3, -0.25) is 4.79 Å². The van der Waals surface area contributed by atoms with Crippen molar-refractivity contribution in [2.75, 3.05) is 24.5 Å². The van der Waals surface area contributed by atoms with Crippen LogP contribution < -0.4 is 10.2 Å². The van der Waals surface area contributed by atoms with Gasteiger partial charge in [-0.1, -0.05) is 19.1 Å². The monoisotopic (exact) mass is 342 g/mol. The summed E-state index contributed by atoms with van der Waals surface area (Å²) in [6, 6.07) is 8.05. The molecule has 0 unspecified atom stereocenters. The molecule has 132 valence electrons. The summed E-state index contributed by atoms with van der Waals surface area (Å²) in [7, 11) is 0. The van der Waals surface area contributed by atoms with Gasteiger partial charge in [-0.05, 0) is 42.9 Å². The molecule has 1 aromatic heterocycles. The highest BCUT2D eigenvalue weighted by Crippen LogP contribution is 2.21. The second-order valence-electron chi connectivity index (χ2n) is 6.56. The minimum absolute atomic E-state index is 0.212. The van der Waals surface area contributed by atoms with Crippen LogP contribution in [0.4, 0.5) is 10.2 Å². The Balaban J connectivity index is 1.55. The van der Waals surface area contributed by atoms with Crippen molar-refractivity contribution in [2.24, 2.45) is 5.92 Å². The Morgan fingerprint density at radius 3 is 2.68 bits per heavy atom.